The zero-order valence-corrected chi connectivity index (χ0v) is 13.3. The maximum Gasteiger partial charge on any atom is 0.269 e. The van der Waals surface area contributed by atoms with Crippen LogP contribution in [0.25, 0.3) is 0 Å². The van der Waals surface area contributed by atoms with Crippen molar-refractivity contribution >= 4 is 21.8 Å². The molecule has 0 fully saturated rings. The molecule has 0 aromatic heterocycles. The van der Waals surface area contributed by atoms with Crippen molar-refractivity contribution in [3.8, 4) is 0 Å². The van der Waals surface area contributed by atoms with Crippen molar-refractivity contribution in [2.45, 2.75) is 31.2 Å². The molecule has 7 nitrogen and oxygen atoms in total. The van der Waals surface area contributed by atoms with Crippen molar-refractivity contribution in [3.63, 3.8) is 0 Å². The average molecular weight is 325 g/mol. The number of fused-ring (bicyclic) bond motifs is 1. The highest BCUT2D eigenvalue weighted by molar-refractivity contribution is 7.90. The number of hydrogen-bond donors (Lipinski definition) is 2. The number of rotatable bonds is 5. The fourth-order valence-corrected chi connectivity index (χ4v) is 4.10. The van der Waals surface area contributed by atoms with Gasteiger partial charge in [-0.05, 0) is 45.0 Å². The molecule has 3 N–H and O–H groups in total. The summed E-state index contributed by atoms with van der Waals surface area (Å²) in [4.78, 5) is 24.0. The smallest absolute Gasteiger partial charge is 0.269 e. The molecule has 0 spiro atoms. The minimum atomic E-state index is -3.89. The highest BCUT2D eigenvalue weighted by atomic mass is 32.2. The molecule has 0 bridgehead atoms. The Bertz CT molecular complexity index is 713. The van der Waals surface area contributed by atoms with Gasteiger partial charge in [-0.1, -0.05) is 0 Å². The van der Waals surface area contributed by atoms with E-state index in [4.69, 9.17) is 5.73 Å². The summed E-state index contributed by atoms with van der Waals surface area (Å²) in [6.45, 7) is 4.12. The molecule has 1 heterocycles. The van der Waals surface area contributed by atoms with Crippen molar-refractivity contribution in [1.82, 2.24) is 9.62 Å². The van der Waals surface area contributed by atoms with Crippen molar-refractivity contribution in [1.29, 1.82) is 0 Å². The third kappa shape index (κ3) is 2.71. The Morgan fingerprint density at radius 3 is 2.64 bits per heavy atom. The van der Waals surface area contributed by atoms with Gasteiger partial charge in [0.25, 0.3) is 21.8 Å². The molecule has 0 atom stereocenters. The number of hydrogen-bond acceptors (Lipinski definition) is 5. The van der Waals surface area contributed by atoms with E-state index in [0.717, 1.165) is 4.31 Å². The van der Waals surface area contributed by atoms with Crippen LogP contribution >= 0.6 is 0 Å². The number of sulfonamides is 1. The highest BCUT2D eigenvalue weighted by Gasteiger charge is 2.42. The predicted molar refractivity (Wildman–Crippen MR) is 80.9 cm³/mol. The van der Waals surface area contributed by atoms with Gasteiger partial charge in [0.15, 0.2) is 0 Å². The zero-order chi connectivity index (χ0) is 16.5. The van der Waals surface area contributed by atoms with Crippen LogP contribution in [0.3, 0.4) is 0 Å². The van der Waals surface area contributed by atoms with Gasteiger partial charge in [-0.25, -0.2) is 12.7 Å². The molecule has 1 aliphatic rings. The van der Waals surface area contributed by atoms with Crippen molar-refractivity contribution in [2.24, 2.45) is 5.73 Å². The molecule has 8 heteroatoms. The number of carbonyl (C=O) groups is 2. The lowest BCUT2D eigenvalue weighted by Crippen LogP contribution is -2.36. The van der Waals surface area contributed by atoms with E-state index in [2.05, 4.69) is 5.32 Å². The number of nitrogens with two attached hydrogens (primary N) is 1. The second-order valence-electron chi connectivity index (χ2n) is 5.31. The summed E-state index contributed by atoms with van der Waals surface area (Å²) in [5.74, 6) is -0.943. The maximum absolute atomic E-state index is 12.4. The number of nitrogens with one attached hydrogen (secondary N) is 1. The molecule has 0 radical (unpaired) electrons. The van der Waals surface area contributed by atoms with E-state index < -0.39 is 22.0 Å². The molecule has 0 saturated heterocycles. The van der Waals surface area contributed by atoms with Crippen molar-refractivity contribution in [2.75, 3.05) is 13.1 Å². The Kier molecular flexibility index (Phi) is 4.52. The summed E-state index contributed by atoms with van der Waals surface area (Å²) in [6, 6.07) is 3.61. The Balaban J connectivity index is 2.36. The standard InChI is InChI=1S/C14H19N3O4S/c1-9(2)17-14(19)11-5-4-10(8-12(11)22(17,20)21)13(18)16-7-3-6-15/h4-5,8-9H,3,6-7,15H2,1-2H3,(H,16,18). The first-order valence-electron chi connectivity index (χ1n) is 7.01. The molecule has 0 saturated carbocycles. The van der Waals surface area contributed by atoms with Gasteiger partial charge in [0.05, 0.1) is 5.56 Å². The minimum absolute atomic E-state index is 0.104. The number of carbonyl (C=O) groups excluding carboxylic acids is 2. The molecule has 1 aromatic rings. The highest BCUT2D eigenvalue weighted by Crippen LogP contribution is 2.32. The first kappa shape index (κ1) is 16.4. The summed E-state index contributed by atoms with van der Waals surface area (Å²) in [5.41, 5.74) is 5.66. The van der Waals surface area contributed by atoms with Crippen molar-refractivity contribution in [3.05, 3.63) is 29.3 Å². The van der Waals surface area contributed by atoms with Gasteiger partial charge in [-0.15, -0.1) is 0 Å². The molecule has 1 aliphatic heterocycles. The molecule has 2 rings (SSSR count). The second-order valence-corrected chi connectivity index (χ2v) is 7.09. The quantitative estimate of drug-likeness (QED) is 0.758. The summed E-state index contributed by atoms with van der Waals surface area (Å²) >= 11 is 0. The van der Waals surface area contributed by atoms with Crippen molar-refractivity contribution < 1.29 is 18.0 Å². The fraction of sp³-hybridized carbons (Fsp3) is 0.429. The van der Waals surface area contributed by atoms with Crippen LogP contribution < -0.4 is 11.1 Å². The van der Waals surface area contributed by atoms with E-state index >= 15 is 0 Å². The van der Waals surface area contributed by atoms with Gasteiger partial charge in [-0.3, -0.25) is 9.59 Å². The molecule has 1 aromatic carbocycles. The third-order valence-corrected chi connectivity index (χ3v) is 5.35. The summed E-state index contributed by atoms with van der Waals surface area (Å²) in [5, 5.41) is 2.65. The largest absolute Gasteiger partial charge is 0.352 e. The van der Waals surface area contributed by atoms with Crippen LogP contribution in [-0.2, 0) is 10.0 Å². The molecule has 120 valence electrons. The molecule has 22 heavy (non-hydrogen) atoms. The predicted octanol–water partition coefficient (Wildman–Crippen LogP) is 0.318. The lowest BCUT2D eigenvalue weighted by Gasteiger charge is -2.18. The number of benzene rings is 1. The van der Waals surface area contributed by atoms with Crippen LogP contribution in [-0.4, -0.2) is 43.7 Å². The topological polar surface area (TPSA) is 110 Å². The van der Waals surface area contributed by atoms with E-state index in [1.165, 1.54) is 18.2 Å². The normalized spacial score (nSPS) is 16.0. The van der Waals surface area contributed by atoms with Crippen LogP contribution in [0.2, 0.25) is 0 Å². The Morgan fingerprint density at radius 2 is 2.05 bits per heavy atom. The van der Waals surface area contributed by atoms with Gasteiger partial charge in [0, 0.05) is 18.2 Å². The van der Waals surface area contributed by atoms with Crippen LogP contribution in [0.15, 0.2) is 23.1 Å². The van der Waals surface area contributed by atoms with E-state index in [9.17, 15) is 18.0 Å². The number of amides is 2. The Morgan fingerprint density at radius 1 is 1.36 bits per heavy atom. The Hall–Kier alpha value is -1.93. The van der Waals surface area contributed by atoms with Crippen LogP contribution in [0, 0.1) is 0 Å². The van der Waals surface area contributed by atoms with Gasteiger partial charge in [0.1, 0.15) is 4.90 Å². The first-order chi connectivity index (χ1) is 10.3. The first-order valence-corrected chi connectivity index (χ1v) is 8.45. The maximum atomic E-state index is 12.4. The fourth-order valence-electron chi connectivity index (χ4n) is 2.31. The second kappa shape index (κ2) is 6.05. The van der Waals surface area contributed by atoms with Gasteiger partial charge >= 0.3 is 0 Å². The SMILES string of the molecule is CC(C)N1C(=O)c2ccc(C(=O)NCCCN)cc2S1(=O)=O. The van der Waals surface area contributed by atoms with Crippen LogP contribution in [0.1, 0.15) is 41.0 Å². The average Bonchev–Trinajstić information content (AvgIpc) is 2.65. The van der Waals surface area contributed by atoms with E-state index in [1.54, 1.807) is 13.8 Å². The third-order valence-electron chi connectivity index (χ3n) is 3.35. The summed E-state index contributed by atoms with van der Waals surface area (Å²) in [7, 11) is -3.89. The summed E-state index contributed by atoms with van der Waals surface area (Å²) in [6.07, 6.45) is 0.634. The van der Waals surface area contributed by atoms with E-state index in [0.29, 0.717) is 19.5 Å². The molecule has 0 aliphatic carbocycles. The molecular formula is C14H19N3O4S. The van der Waals surface area contributed by atoms with Crippen LogP contribution in [0.5, 0.6) is 0 Å². The minimum Gasteiger partial charge on any atom is -0.352 e. The lowest BCUT2D eigenvalue weighted by molar-refractivity contribution is 0.0845. The summed E-state index contributed by atoms with van der Waals surface area (Å²) < 4.78 is 25.7. The lowest BCUT2D eigenvalue weighted by atomic mass is 10.1. The molecular weight excluding hydrogens is 306 g/mol. The monoisotopic (exact) mass is 325 g/mol. The van der Waals surface area contributed by atoms with Gasteiger partial charge in [0.2, 0.25) is 0 Å². The van der Waals surface area contributed by atoms with E-state index in [-0.39, 0.29) is 21.9 Å². The zero-order valence-electron chi connectivity index (χ0n) is 12.5. The molecule has 0 unspecified atom stereocenters. The van der Waals surface area contributed by atoms with Crippen LogP contribution in [0.4, 0.5) is 0 Å². The number of nitrogens with zero attached hydrogens (tertiary/aromatic N) is 1. The van der Waals surface area contributed by atoms with Gasteiger partial charge in [-0.2, -0.15) is 0 Å². The molecule has 2 amide bonds. The van der Waals surface area contributed by atoms with E-state index in [1.807, 2.05) is 0 Å². The Labute approximate surface area is 129 Å². The van der Waals surface area contributed by atoms with Gasteiger partial charge < -0.3 is 11.1 Å².